The lowest BCUT2D eigenvalue weighted by Crippen LogP contribution is -2.03. The summed E-state index contributed by atoms with van der Waals surface area (Å²) >= 11 is 5.82. The average molecular weight is 237 g/mol. The first-order valence-electron chi connectivity index (χ1n) is 5.34. The van der Waals surface area contributed by atoms with Crippen molar-refractivity contribution in [1.29, 1.82) is 0 Å². The molecular weight excluding hydrogens is 224 g/mol. The number of ether oxygens (including phenoxy) is 1. The van der Waals surface area contributed by atoms with Gasteiger partial charge >= 0.3 is 5.97 Å². The van der Waals surface area contributed by atoms with Crippen LogP contribution in [-0.2, 0) is 9.53 Å². The molecule has 0 aliphatic heterocycles. The first-order valence-corrected chi connectivity index (χ1v) is 5.72. The van der Waals surface area contributed by atoms with Crippen LogP contribution in [-0.4, -0.2) is 12.6 Å². The van der Waals surface area contributed by atoms with Crippen LogP contribution in [0, 0.1) is 5.92 Å². The second-order valence-electron chi connectivity index (χ2n) is 3.96. The summed E-state index contributed by atoms with van der Waals surface area (Å²) in [5, 5.41) is 0.661. The second kappa shape index (κ2) is 5.17. The number of rotatable bonds is 4. The van der Waals surface area contributed by atoms with E-state index in [9.17, 15) is 4.79 Å². The highest BCUT2D eigenvalue weighted by Crippen LogP contribution is 2.28. The molecule has 1 aliphatic rings. The SMILES string of the molecule is O=C(C=Cc1cccc(Cl)c1)OCC1CC1. The molecule has 0 amide bonds. The van der Waals surface area contributed by atoms with E-state index >= 15 is 0 Å². The Morgan fingerprint density at radius 3 is 3.00 bits per heavy atom. The third-order valence-electron chi connectivity index (χ3n) is 2.42. The standard InChI is InChI=1S/C13H13ClO2/c14-12-3-1-2-10(8-12)6-7-13(15)16-9-11-4-5-11/h1-3,6-8,11H,4-5,9H2. The van der Waals surface area contributed by atoms with Crippen molar-refractivity contribution in [2.45, 2.75) is 12.8 Å². The molecule has 0 atom stereocenters. The van der Waals surface area contributed by atoms with Crippen molar-refractivity contribution in [3.05, 3.63) is 40.9 Å². The number of hydrogen-bond donors (Lipinski definition) is 0. The van der Waals surface area contributed by atoms with E-state index in [1.165, 1.54) is 18.9 Å². The maximum absolute atomic E-state index is 11.3. The van der Waals surface area contributed by atoms with E-state index in [2.05, 4.69) is 0 Å². The molecule has 2 rings (SSSR count). The zero-order chi connectivity index (χ0) is 11.4. The Hall–Kier alpha value is -1.28. The zero-order valence-electron chi connectivity index (χ0n) is 8.86. The summed E-state index contributed by atoms with van der Waals surface area (Å²) in [4.78, 5) is 11.3. The van der Waals surface area contributed by atoms with Gasteiger partial charge in [0.15, 0.2) is 0 Å². The van der Waals surface area contributed by atoms with E-state index in [0.717, 1.165) is 5.56 Å². The Morgan fingerprint density at radius 1 is 1.50 bits per heavy atom. The molecule has 84 valence electrons. The van der Waals surface area contributed by atoms with Crippen molar-refractivity contribution in [2.75, 3.05) is 6.61 Å². The highest BCUT2D eigenvalue weighted by Gasteiger charge is 2.22. The minimum absolute atomic E-state index is 0.285. The van der Waals surface area contributed by atoms with Gasteiger partial charge in [0.2, 0.25) is 0 Å². The van der Waals surface area contributed by atoms with Gasteiger partial charge in [0, 0.05) is 11.1 Å². The van der Waals surface area contributed by atoms with Crippen LogP contribution in [0.4, 0.5) is 0 Å². The molecule has 0 saturated heterocycles. The van der Waals surface area contributed by atoms with Crippen LogP contribution in [0.5, 0.6) is 0 Å². The maximum Gasteiger partial charge on any atom is 0.330 e. The van der Waals surface area contributed by atoms with Crippen molar-refractivity contribution in [3.8, 4) is 0 Å². The summed E-state index contributed by atoms with van der Waals surface area (Å²) in [5.74, 6) is 0.315. The summed E-state index contributed by atoms with van der Waals surface area (Å²) in [7, 11) is 0. The summed E-state index contributed by atoms with van der Waals surface area (Å²) in [6.07, 6.45) is 5.52. The predicted octanol–water partition coefficient (Wildman–Crippen LogP) is 3.31. The molecule has 1 fully saturated rings. The summed E-state index contributed by atoms with van der Waals surface area (Å²) in [6, 6.07) is 7.32. The van der Waals surface area contributed by atoms with Crippen molar-refractivity contribution in [1.82, 2.24) is 0 Å². The number of halogens is 1. The highest BCUT2D eigenvalue weighted by atomic mass is 35.5. The van der Waals surface area contributed by atoms with E-state index in [-0.39, 0.29) is 5.97 Å². The molecule has 0 radical (unpaired) electrons. The van der Waals surface area contributed by atoms with Gasteiger partial charge in [0.25, 0.3) is 0 Å². The van der Waals surface area contributed by atoms with Crippen molar-refractivity contribution >= 4 is 23.6 Å². The van der Waals surface area contributed by atoms with Crippen LogP contribution in [0.25, 0.3) is 6.08 Å². The van der Waals surface area contributed by atoms with Gasteiger partial charge in [-0.25, -0.2) is 4.79 Å². The number of benzene rings is 1. The van der Waals surface area contributed by atoms with Gasteiger partial charge in [-0.3, -0.25) is 0 Å². The summed E-state index contributed by atoms with van der Waals surface area (Å²) in [5.41, 5.74) is 0.899. The molecule has 0 bridgehead atoms. The fourth-order valence-corrected chi connectivity index (χ4v) is 1.51. The normalized spacial score (nSPS) is 15.3. The third-order valence-corrected chi connectivity index (χ3v) is 2.65. The Bertz CT molecular complexity index is 408. The van der Waals surface area contributed by atoms with Crippen molar-refractivity contribution < 1.29 is 9.53 Å². The fraction of sp³-hybridized carbons (Fsp3) is 0.308. The molecule has 1 aliphatic carbocycles. The van der Waals surface area contributed by atoms with E-state index in [4.69, 9.17) is 16.3 Å². The molecule has 1 aromatic carbocycles. The van der Waals surface area contributed by atoms with Gasteiger partial charge in [0.05, 0.1) is 6.61 Å². The van der Waals surface area contributed by atoms with E-state index in [1.807, 2.05) is 12.1 Å². The fourth-order valence-electron chi connectivity index (χ4n) is 1.31. The Morgan fingerprint density at radius 2 is 2.31 bits per heavy atom. The molecule has 0 spiro atoms. The van der Waals surface area contributed by atoms with E-state index < -0.39 is 0 Å². The topological polar surface area (TPSA) is 26.3 Å². The van der Waals surface area contributed by atoms with Gasteiger partial charge < -0.3 is 4.74 Å². The van der Waals surface area contributed by atoms with E-state index in [1.54, 1.807) is 18.2 Å². The van der Waals surface area contributed by atoms with Gasteiger partial charge in [-0.15, -0.1) is 0 Å². The second-order valence-corrected chi connectivity index (χ2v) is 4.40. The largest absolute Gasteiger partial charge is 0.462 e. The number of hydrogen-bond acceptors (Lipinski definition) is 2. The van der Waals surface area contributed by atoms with Crippen LogP contribution in [0.2, 0.25) is 5.02 Å². The van der Waals surface area contributed by atoms with Crippen molar-refractivity contribution in [2.24, 2.45) is 5.92 Å². The number of carbonyl (C=O) groups excluding carboxylic acids is 1. The lowest BCUT2D eigenvalue weighted by molar-refractivity contribution is -0.138. The monoisotopic (exact) mass is 236 g/mol. The Kier molecular flexibility index (Phi) is 3.62. The lowest BCUT2D eigenvalue weighted by Gasteiger charge is -1.98. The molecule has 0 N–H and O–H groups in total. The first kappa shape index (κ1) is 11.2. The van der Waals surface area contributed by atoms with Crippen LogP contribution in [0.15, 0.2) is 30.3 Å². The Balaban J connectivity index is 1.84. The maximum atomic E-state index is 11.3. The third kappa shape index (κ3) is 3.70. The molecule has 1 saturated carbocycles. The van der Waals surface area contributed by atoms with Crippen LogP contribution in [0.3, 0.4) is 0 Å². The van der Waals surface area contributed by atoms with Gasteiger partial charge in [-0.1, -0.05) is 23.7 Å². The quantitative estimate of drug-likeness (QED) is 0.592. The minimum atomic E-state index is -0.285. The molecule has 16 heavy (non-hydrogen) atoms. The zero-order valence-corrected chi connectivity index (χ0v) is 9.61. The first-order chi connectivity index (χ1) is 7.74. The summed E-state index contributed by atoms with van der Waals surface area (Å²) in [6.45, 7) is 0.554. The van der Waals surface area contributed by atoms with Crippen LogP contribution < -0.4 is 0 Å². The number of carbonyl (C=O) groups is 1. The number of esters is 1. The molecule has 0 unspecified atom stereocenters. The molecule has 0 heterocycles. The molecule has 3 heteroatoms. The van der Waals surface area contributed by atoms with E-state index in [0.29, 0.717) is 17.5 Å². The van der Waals surface area contributed by atoms with Gasteiger partial charge in [0.1, 0.15) is 0 Å². The average Bonchev–Trinajstić information content (AvgIpc) is 3.07. The van der Waals surface area contributed by atoms with Crippen LogP contribution >= 0.6 is 11.6 Å². The lowest BCUT2D eigenvalue weighted by atomic mass is 10.2. The van der Waals surface area contributed by atoms with Gasteiger partial charge in [-0.2, -0.15) is 0 Å². The Labute approximate surface area is 99.9 Å². The highest BCUT2D eigenvalue weighted by molar-refractivity contribution is 6.30. The minimum Gasteiger partial charge on any atom is -0.462 e. The van der Waals surface area contributed by atoms with Crippen molar-refractivity contribution in [3.63, 3.8) is 0 Å². The molecule has 2 nitrogen and oxygen atoms in total. The molecule has 0 aromatic heterocycles. The smallest absolute Gasteiger partial charge is 0.330 e. The molecule has 1 aromatic rings. The summed E-state index contributed by atoms with van der Waals surface area (Å²) < 4.78 is 5.06. The van der Waals surface area contributed by atoms with Crippen LogP contribution in [0.1, 0.15) is 18.4 Å². The van der Waals surface area contributed by atoms with Gasteiger partial charge in [-0.05, 0) is 42.5 Å². The molecular formula is C13H13ClO2. The predicted molar refractivity (Wildman–Crippen MR) is 64.2 cm³/mol.